The van der Waals surface area contributed by atoms with Crippen LogP contribution in [-0.4, -0.2) is 24.9 Å². The van der Waals surface area contributed by atoms with Crippen molar-refractivity contribution >= 4 is 6.09 Å². The monoisotopic (exact) mass is 415 g/mol. The summed E-state index contributed by atoms with van der Waals surface area (Å²) >= 11 is 0. The first-order valence-corrected chi connectivity index (χ1v) is 12.1. The molecule has 168 valence electrons. The summed E-state index contributed by atoms with van der Waals surface area (Å²) in [5.74, 6) is 0. The Morgan fingerprint density at radius 1 is 0.967 bits per heavy atom. The molecule has 1 aliphatic rings. The summed E-state index contributed by atoms with van der Waals surface area (Å²) in [4.78, 5) is 11.7. The standard InChI is InChI=1S/C26H41NO3/c1-2-3-4-5-6-7-8-9-10-11-12-13-17-20-24-25(30-24)22-29-26(28)27-21-23-18-15-14-16-19-23/h14-20,24-25H,2-13,21-22H2,1H3,(H,27,28)/b20-17+/t24-,25-/m1/s1. The first kappa shape index (κ1) is 24.5. The van der Waals surface area contributed by atoms with Gasteiger partial charge >= 0.3 is 6.09 Å². The molecule has 1 N–H and O–H groups in total. The minimum atomic E-state index is -0.391. The van der Waals surface area contributed by atoms with E-state index in [4.69, 9.17) is 9.47 Å². The Morgan fingerprint density at radius 3 is 2.27 bits per heavy atom. The predicted octanol–water partition coefficient (Wildman–Crippen LogP) is 6.94. The van der Waals surface area contributed by atoms with Gasteiger partial charge < -0.3 is 14.8 Å². The molecule has 30 heavy (non-hydrogen) atoms. The second-order valence-electron chi connectivity index (χ2n) is 8.33. The van der Waals surface area contributed by atoms with Gasteiger partial charge in [0.05, 0.1) is 0 Å². The molecule has 1 amide bonds. The summed E-state index contributed by atoms with van der Waals surface area (Å²) < 4.78 is 10.8. The molecule has 1 aromatic carbocycles. The van der Waals surface area contributed by atoms with E-state index in [1.807, 2.05) is 30.3 Å². The number of epoxide rings is 1. The molecular weight excluding hydrogens is 374 g/mol. The van der Waals surface area contributed by atoms with Gasteiger partial charge in [-0.3, -0.25) is 0 Å². The Labute approximate surface area is 183 Å². The highest BCUT2D eigenvalue weighted by molar-refractivity contribution is 5.67. The van der Waals surface area contributed by atoms with Crippen molar-refractivity contribution in [2.75, 3.05) is 6.61 Å². The molecule has 4 nitrogen and oxygen atoms in total. The van der Waals surface area contributed by atoms with Crippen molar-refractivity contribution in [1.82, 2.24) is 5.32 Å². The normalized spacial score (nSPS) is 17.9. The highest BCUT2D eigenvalue weighted by Gasteiger charge is 2.37. The fraction of sp³-hybridized carbons (Fsp3) is 0.654. The van der Waals surface area contributed by atoms with Crippen LogP contribution in [-0.2, 0) is 16.0 Å². The Bertz CT molecular complexity index is 587. The smallest absolute Gasteiger partial charge is 0.407 e. The van der Waals surface area contributed by atoms with Crippen LogP contribution in [0.1, 0.15) is 89.5 Å². The van der Waals surface area contributed by atoms with Crippen LogP contribution in [0.4, 0.5) is 4.79 Å². The molecule has 1 heterocycles. The molecule has 1 aromatic rings. The molecule has 0 radical (unpaired) electrons. The van der Waals surface area contributed by atoms with Gasteiger partial charge in [-0.15, -0.1) is 0 Å². The summed E-state index contributed by atoms with van der Waals surface area (Å²) in [7, 11) is 0. The topological polar surface area (TPSA) is 50.9 Å². The lowest BCUT2D eigenvalue weighted by Crippen LogP contribution is -2.25. The van der Waals surface area contributed by atoms with Crippen LogP contribution in [0.15, 0.2) is 42.5 Å². The third-order valence-corrected chi connectivity index (χ3v) is 5.58. The zero-order chi connectivity index (χ0) is 21.3. The number of benzene rings is 1. The number of carbonyl (C=O) groups excluding carboxylic acids is 1. The molecule has 0 unspecified atom stereocenters. The Hall–Kier alpha value is -1.81. The summed E-state index contributed by atoms with van der Waals surface area (Å²) in [5, 5.41) is 2.76. The SMILES string of the molecule is CCCCCCCCCCCCC/C=C/[C@H]1O[C@@H]1COC(=O)NCc1ccccc1. The van der Waals surface area contributed by atoms with Crippen molar-refractivity contribution < 1.29 is 14.3 Å². The number of amides is 1. The maximum absolute atomic E-state index is 11.7. The maximum Gasteiger partial charge on any atom is 0.407 e. The minimum absolute atomic E-state index is 0.0149. The molecule has 0 saturated carbocycles. The quantitative estimate of drug-likeness (QED) is 0.170. The highest BCUT2D eigenvalue weighted by atomic mass is 16.6. The number of carbonyl (C=O) groups is 1. The molecular formula is C26H41NO3. The van der Waals surface area contributed by atoms with Crippen molar-refractivity contribution in [2.45, 2.75) is 103 Å². The Morgan fingerprint density at radius 2 is 1.60 bits per heavy atom. The van der Waals surface area contributed by atoms with Crippen LogP contribution in [0.25, 0.3) is 0 Å². The average molecular weight is 416 g/mol. The van der Waals surface area contributed by atoms with Crippen LogP contribution in [0, 0.1) is 0 Å². The lowest BCUT2D eigenvalue weighted by molar-refractivity contribution is 0.135. The zero-order valence-corrected chi connectivity index (χ0v) is 18.8. The molecule has 2 atom stereocenters. The van der Waals surface area contributed by atoms with E-state index in [-0.39, 0.29) is 12.2 Å². The highest BCUT2D eigenvalue weighted by Crippen LogP contribution is 2.24. The van der Waals surface area contributed by atoms with Crippen LogP contribution < -0.4 is 5.32 Å². The second-order valence-corrected chi connectivity index (χ2v) is 8.33. The number of hydrogen-bond acceptors (Lipinski definition) is 3. The first-order valence-electron chi connectivity index (χ1n) is 12.1. The lowest BCUT2D eigenvalue weighted by atomic mass is 10.1. The maximum atomic E-state index is 11.7. The van der Waals surface area contributed by atoms with Crippen molar-refractivity contribution in [3.63, 3.8) is 0 Å². The molecule has 1 saturated heterocycles. The van der Waals surface area contributed by atoms with Gasteiger partial charge in [0.15, 0.2) is 0 Å². The number of hydrogen-bond donors (Lipinski definition) is 1. The lowest BCUT2D eigenvalue weighted by Gasteiger charge is -2.05. The Balaban J connectivity index is 1.35. The van der Waals surface area contributed by atoms with Crippen molar-refractivity contribution in [3.05, 3.63) is 48.0 Å². The molecule has 4 heteroatoms. The van der Waals surface area contributed by atoms with Gasteiger partial charge in [-0.1, -0.05) is 114 Å². The molecule has 1 fully saturated rings. The number of ether oxygens (including phenoxy) is 2. The fourth-order valence-corrected chi connectivity index (χ4v) is 3.60. The van der Waals surface area contributed by atoms with Crippen LogP contribution in [0.3, 0.4) is 0 Å². The van der Waals surface area contributed by atoms with E-state index in [2.05, 4.69) is 24.4 Å². The molecule has 0 spiro atoms. The largest absolute Gasteiger partial charge is 0.447 e. The number of nitrogens with one attached hydrogen (secondary N) is 1. The van der Waals surface area contributed by atoms with Gasteiger partial charge in [0.25, 0.3) is 0 Å². The van der Waals surface area contributed by atoms with Crippen LogP contribution in [0.2, 0.25) is 0 Å². The van der Waals surface area contributed by atoms with E-state index in [9.17, 15) is 4.79 Å². The second kappa shape index (κ2) is 16.0. The summed E-state index contributed by atoms with van der Waals surface area (Å²) in [5.41, 5.74) is 1.06. The number of unbranched alkanes of at least 4 members (excludes halogenated alkanes) is 11. The van der Waals surface area contributed by atoms with E-state index in [1.165, 1.54) is 70.6 Å². The molecule has 2 rings (SSSR count). The molecule has 0 bridgehead atoms. The van der Waals surface area contributed by atoms with Gasteiger partial charge in [-0.05, 0) is 18.4 Å². The van der Waals surface area contributed by atoms with Gasteiger partial charge in [0.1, 0.15) is 18.8 Å². The van der Waals surface area contributed by atoms with Gasteiger partial charge in [-0.25, -0.2) is 4.79 Å². The average Bonchev–Trinajstić information content (AvgIpc) is 3.53. The third-order valence-electron chi connectivity index (χ3n) is 5.58. The van der Waals surface area contributed by atoms with Crippen LogP contribution in [0.5, 0.6) is 0 Å². The third kappa shape index (κ3) is 12.0. The zero-order valence-electron chi connectivity index (χ0n) is 18.8. The van der Waals surface area contributed by atoms with Gasteiger partial charge in [0, 0.05) is 6.54 Å². The number of rotatable bonds is 17. The molecule has 0 aromatic heterocycles. The van der Waals surface area contributed by atoms with Gasteiger partial charge in [0.2, 0.25) is 0 Å². The molecule has 1 aliphatic heterocycles. The van der Waals surface area contributed by atoms with E-state index >= 15 is 0 Å². The first-order chi connectivity index (χ1) is 14.8. The summed E-state index contributed by atoms with van der Waals surface area (Å²) in [6.45, 7) is 3.07. The van der Waals surface area contributed by atoms with E-state index < -0.39 is 6.09 Å². The predicted molar refractivity (Wildman–Crippen MR) is 124 cm³/mol. The van der Waals surface area contributed by atoms with E-state index in [0.717, 1.165) is 12.0 Å². The number of alkyl carbamates (subject to hydrolysis) is 1. The number of allylic oxidation sites excluding steroid dienone is 1. The van der Waals surface area contributed by atoms with Crippen LogP contribution >= 0.6 is 0 Å². The van der Waals surface area contributed by atoms with Crippen molar-refractivity contribution in [2.24, 2.45) is 0 Å². The van der Waals surface area contributed by atoms with Crippen molar-refractivity contribution in [1.29, 1.82) is 0 Å². The fourth-order valence-electron chi connectivity index (χ4n) is 3.60. The van der Waals surface area contributed by atoms with Gasteiger partial charge in [-0.2, -0.15) is 0 Å². The molecule has 0 aliphatic carbocycles. The van der Waals surface area contributed by atoms with E-state index in [1.54, 1.807) is 0 Å². The van der Waals surface area contributed by atoms with E-state index in [0.29, 0.717) is 13.2 Å². The van der Waals surface area contributed by atoms with Crippen molar-refractivity contribution in [3.8, 4) is 0 Å². The Kier molecular flexibility index (Phi) is 13.0. The minimum Gasteiger partial charge on any atom is -0.447 e. The summed E-state index contributed by atoms with van der Waals surface area (Å²) in [6, 6.07) is 9.81. The summed E-state index contributed by atoms with van der Waals surface area (Å²) in [6.07, 6.45) is 20.3.